The van der Waals surface area contributed by atoms with Gasteiger partial charge in [-0.15, -0.1) is 11.3 Å². The minimum atomic E-state index is 0.467. The van der Waals surface area contributed by atoms with E-state index < -0.39 is 0 Å². The van der Waals surface area contributed by atoms with Crippen LogP contribution < -0.4 is 0 Å². The highest BCUT2D eigenvalue weighted by molar-refractivity contribution is 7.14. The van der Waals surface area contributed by atoms with Gasteiger partial charge in [-0.2, -0.15) is 5.26 Å². The summed E-state index contributed by atoms with van der Waals surface area (Å²) in [6.45, 7) is 2.10. The van der Waals surface area contributed by atoms with Crippen LogP contribution in [-0.4, -0.2) is 4.98 Å². The van der Waals surface area contributed by atoms with E-state index in [1.54, 1.807) is 29.8 Å². The van der Waals surface area contributed by atoms with Crippen molar-refractivity contribution in [2.24, 2.45) is 0 Å². The standard InChI is InChI=1S/C14H11ClN2S/c1-2-11-5-6-13(18-11)14(15)12(8-16)10-4-3-7-17-9-10/h3-7,9H,2H2,1H3/b14-12+. The number of pyridine rings is 1. The molecule has 0 aliphatic heterocycles. The highest BCUT2D eigenvalue weighted by atomic mass is 35.5. The first-order chi connectivity index (χ1) is 8.76. The number of hydrogen-bond donors (Lipinski definition) is 0. The molecule has 0 aliphatic carbocycles. The van der Waals surface area contributed by atoms with E-state index in [1.165, 1.54) is 4.88 Å². The van der Waals surface area contributed by atoms with Crippen LogP contribution in [0.5, 0.6) is 0 Å². The molecular formula is C14H11ClN2S. The number of aryl methyl sites for hydroxylation is 1. The molecule has 0 atom stereocenters. The molecule has 2 rings (SSSR count). The van der Waals surface area contributed by atoms with Gasteiger partial charge in [-0.25, -0.2) is 0 Å². The van der Waals surface area contributed by atoms with Gasteiger partial charge in [0.25, 0.3) is 0 Å². The van der Waals surface area contributed by atoms with Crippen molar-refractivity contribution in [3.63, 3.8) is 0 Å². The summed E-state index contributed by atoms with van der Waals surface area (Å²) in [5.74, 6) is 0. The third-order valence-corrected chi connectivity index (χ3v) is 4.26. The minimum absolute atomic E-state index is 0.467. The molecule has 0 spiro atoms. The molecule has 0 bridgehead atoms. The van der Waals surface area contributed by atoms with Gasteiger partial charge >= 0.3 is 0 Å². The molecule has 0 unspecified atom stereocenters. The van der Waals surface area contributed by atoms with Crippen LogP contribution in [0.1, 0.15) is 22.2 Å². The summed E-state index contributed by atoms with van der Waals surface area (Å²) in [5.41, 5.74) is 1.21. The fourth-order valence-electron chi connectivity index (χ4n) is 1.56. The van der Waals surface area contributed by atoms with E-state index >= 15 is 0 Å². The second kappa shape index (κ2) is 5.81. The monoisotopic (exact) mass is 274 g/mol. The maximum Gasteiger partial charge on any atom is 0.101 e. The first-order valence-corrected chi connectivity index (χ1v) is 6.75. The molecule has 2 aromatic heterocycles. The van der Waals surface area contributed by atoms with Gasteiger partial charge in [0, 0.05) is 27.7 Å². The average Bonchev–Trinajstić information content (AvgIpc) is 2.89. The van der Waals surface area contributed by atoms with Crippen LogP contribution in [0, 0.1) is 11.3 Å². The van der Waals surface area contributed by atoms with Gasteiger partial charge in [0.1, 0.15) is 6.07 Å². The molecule has 2 aromatic rings. The second-order valence-corrected chi connectivity index (χ2v) is 5.21. The Morgan fingerprint density at radius 2 is 2.28 bits per heavy atom. The molecule has 0 fully saturated rings. The smallest absolute Gasteiger partial charge is 0.101 e. The molecular weight excluding hydrogens is 264 g/mol. The topological polar surface area (TPSA) is 36.7 Å². The molecule has 0 saturated carbocycles. The fraction of sp³-hybridized carbons (Fsp3) is 0.143. The lowest BCUT2D eigenvalue weighted by atomic mass is 10.1. The zero-order valence-corrected chi connectivity index (χ0v) is 11.4. The van der Waals surface area contributed by atoms with E-state index in [0.29, 0.717) is 10.6 Å². The molecule has 18 heavy (non-hydrogen) atoms. The maximum absolute atomic E-state index is 9.26. The SMILES string of the molecule is CCc1ccc(/C(Cl)=C(/C#N)c2cccnc2)s1. The van der Waals surface area contributed by atoms with E-state index in [0.717, 1.165) is 16.9 Å². The van der Waals surface area contributed by atoms with Gasteiger partial charge in [0.05, 0.1) is 10.6 Å². The molecule has 0 saturated heterocycles. The zero-order chi connectivity index (χ0) is 13.0. The number of halogens is 1. The maximum atomic E-state index is 9.26. The van der Waals surface area contributed by atoms with Crippen LogP contribution in [0.3, 0.4) is 0 Å². The largest absolute Gasteiger partial charge is 0.264 e. The number of aromatic nitrogens is 1. The van der Waals surface area contributed by atoms with Crippen LogP contribution in [0.4, 0.5) is 0 Å². The number of allylic oxidation sites excluding steroid dienone is 1. The molecule has 2 heterocycles. The first kappa shape index (κ1) is 12.8. The van der Waals surface area contributed by atoms with Gasteiger partial charge < -0.3 is 0 Å². The van der Waals surface area contributed by atoms with Gasteiger partial charge in [-0.05, 0) is 24.6 Å². The number of nitrogens with zero attached hydrogens (tertiary/aromatic N) is 2. The van der Waals surface area contributed by atoms with Crippen LogP contribution >= 0.6 is 22.9 Å². The van der Waals surface area contributed by atoms with Crippen LogP contribution in [0.2, 0.25) is 0 Å². The number of thiophene rings is 1. The summed E-state index contributed by atoms with van der Waals surface area (Å²) in [4.78, 5) is 6.19. The third-order valence-electron chi connectivity index (χ3n) is 2.51. The summed E-state index contributed by atoms with van der Waals surface area (Å²) >= 11 is 7.93. The zero-order valence-electron chi connectivity index (χ0n) is 9.85. The van der Waals surface area contributed by atoms with Crippen LogP contribution in [0.15, 0.2) is 36.7 Å². The normalized spacial score (nSPS) is 11.8. The average molecular weight is 275 g/mol. The Kier molecular flexibility index (Phi) is 4.14. The second-order valence-electron chi connectivity index (χ2n) is 3.66. The Morgan fingerprint density at radius 3 is 2.83 bits per heavy atom. The molecule has 0 N–H and O–H groups in total. The Bertz CT molecular complexity index is 608. The van der Waals surface area contributed by atoms with Gasteiger partial charge in [-0.3, -0.25) is 4.98 Å². The van der Waals surface area contributed by atoms with Crippen molar-refractivity contribution in [2.45, 2.75) is 13.3 Å². The van der Waals surface area contributed by atoms with Crippen molar-refractivity contribution < 1.29 is 0 Å². The summed E-state index contributed by atoms with van der Waals surface area (Å²) in [7, 11) is 0. The molecule has 0 aromatic carbocycles. The quantitative estimate of drug-likeness (QED) is 0.781. The number of hydrogen-bond acceptors (Lipinski definition) is 3. The van der Waals surface area contributed by atoms with E-state index in [2.05, 4.69) is 18.0 Å². The lowest BCUT2D eigenvalue weighted by Gasteiger charge is -2.01. The minimum Gasteiger partial charge on any atom is -0.264 e. The number of nitriles is 1. The van der Waals surface area contributed by atoms with Gasteiger partial charge in [-0.1, -0.05) is 24.6 Å². The van der Waals surface area contributed by atoms with Crippen molar-refractivity contribution in [3.05, 3.63) is 52.0 Å². The number of rotatable bonds is 3. The van der Waals surface area contributed by atoms with E-state index in [1.807, 2.05) is 18.2 Å². The molecule has 0 amide bonds. The van der Waals surface area contributed by atoms with Gasteiger partial charge in [0.15, 0.2) is 0 Å². The molecule has 0 radical (unpaired) electrons. The van der Waals surface area contributed by atoms with Crippen LogP contribution in [0.25, 0.3) is 10.6 Å². The molecule has 4 heteroatoms. The predicted molar refractivity (Wildman–Crippen MR) is 76.2 cm³/mol. The first-order valence-electron chi connectivity index (χ1n) is 5.55. The predicted octanol–water partition coefficient (Wildman–Crippen LogP) is 4.34. The van der Waals surface area contributed by atoms with Crippen molar-refractivity contribution in [2.75, 3.05) is 0 Å². The van der Waals surface area contributed by atoms with E-state index in [4.69, 9.17) is 11.6 Å². The Balaban J connectivity index is 2.47. The lowest BCUT2D eigenvalue weighted by Crippen LogP contribution is -1.85. The van der Waals surface area contributed by atoms with E-state index in [9.17, 15) is 5.26 Å². The van der Waals surface area contributed by atoms with Crippen molar-refractivity contribution in [1.82, 2.24) is 4.98 Å². The van der Waals surface area contributed by atoms with Crippen LogP contribution in [-0.2, 0) is 6.42 Å². The highest BCUT2D eigenvalue weighted by Crippen LogP contribution is 2.33. The summed E-state index contributed by atoms with van der Waals surface area (Å²) in [5, 5.41) is 9.76. The van der Waals surface area contributed by atoms with E-state index in [-0.39, 0.29) is 0 Å². The summed E-state index contributed by atoms with van der Waals surface area (Å²) < 4.78 is 0. The summed E-state index contributed by atoms with van der Waals surface area (Å²) in [6.07, 6.45) is 4.30. The van der Waals surface area contributed by atoms with Crippen molar-refractivity contribution >= 4 is 33.5 Å². The molecule has 0 aliphatic rings. The third kappa shape index (κ3) is 2.61. The Hall–Kier alpha value is -1.63. The fourth-order valence-corrected chi connectivity index (χ4v) is 2.78. The van der Waals surface area contributed by atoms with Gasteiger partial charge in [0.2, 0.25) is 0 Å². The van der Waals surface area contributed by atoms with Crippen molar-refractivity contribution in [1.29, 1.82) is 5.26 Å². The molecule has 2 nitrogen and oxygen atoms in total. The van der Waals surface area contributed by atoms with Crippen molar-refractivity contribution in [3.8, 4) is 6.07 Å². The Morgan fingerprint density at radius 1 is 1.44 bits per heavy atom. The molecule has 90 valence electrons. The lowest BCUT2D eigenvalue weighted by molar-refractivity contribution is 1.19. The summed E-state index contributed by atoms with van der Waals surface area (Å²) in [6, 6.07) is 9.79. The highest BCUT2D eigenvalue weighted by Gasteiger charge is 2.11. The Labute approximate surface area is 115 Å².